The molecular formula is C7H12N3O+. The maximum absolute atomic E-state index is 11.2. The fraction of sp³-hybridized carbons (Fsp3) is 0.857. The maximum atomic E-state index is 11.2. The first-order valence-corrected chi connectivity index (χ1v) is 4.11. The van der Waals surface area contributed by atoms with Crippen LogP contribution in [0.25, 0.3) is 0 Å². The molecule has 0 atom stereocenters. The van der Waals surface area contributed by atoms with Crippen molar-refractivity contribution in [3.63, 3.8) is 0 Å². The molecule has 0 radical (unpaired) electrons. The van der Waals surface area contributed by atoms with Crippen LogP contribution in [0.2, 0.25) is 0 Å². The third-order valence-electron chi connectivity index (χ3n) is 2.58. The summed E-state index contributed by atoms with van der Waals surface area (Å²) >= 11 is 0. The molecule has 4 heteroatoms. The van der Waals surface area contributed by atoms with Crippen LogP contribution in [-0.4, -0.2) is 16.6 Å². The molecule has 0 saturated heterocycles. The Labute approximate surface area is 65.2 Å². The zero-order chi connectivity index (χ0) is 7.73. The van der Waals surface area contributed by atoms with Crippen LogP contribution in [0.5, 0.6) is 0 Å². The second-order valence-corrected chi connectivity index (χ2v) is 3.32. The van der Waals surface area contributed by atoms with E-state index in [0.29, 0.717) is 0 Å². The van der Waals surface area contributed by atoms with E-state index in [1.54, 1.807) is 6.21 Å². The molecule has 1 N–H and O–H groups in total. The molecule has 1 aliphatic heterocycles. The molecule has 0 aromatic carbocycles. The first-order chi connectivity index (χ1) is 5.33. The van der Waals surface area contributed by atoms with Gasteiger partial charge < -0.3 is 0 Å². The van der Waals surface area contributed by atoms with Crippen molar-refractivity contribution >= 4 is 6.21 Å². The van der Waals surface area contributed by atoms with E-state index in [4.69, 9.17) is 0 Å². The van der Waals surface area contributed by atoms with E-state index < -0.39 is 0 Å². The molecular weight excluding hydrogens is 142 g/mol. The van der Waals surface area contributed by atoms with Crippen LogP contribution in [0.1, 0.15) is 32.1 Å². The third kappa shape index (κ3) is 0.931. The Morgan fingerprint density at radius 1 is 1.36 bits per heavy atom. The number of nitrogens with zero attached hydrogens (tertiary/aromatic N) is 2. The lowest BCUT2D eigenvalue weighted by atomic mass is 9.83. The highest BCUT2D eigenvalue weighted by atomic mass is 16.3. The highest BCUT2D eigenvalue weighted by molar-refractivity contribution is 5.68. The minimum absolute atomic E-state index is 0.293. The van der Waals surface area contributed by atoms with Crippen LogP contribution in [0.15, 0.2) is 5.10 Å². The number of rotatable bonds is 0. The molecule has 1 spiro atoms. The summed E-state index contributed by atoms with van der Waals surface area (Å²) < 4.78 is 0. The molecule has 0 unspecified atom stereocenters. The molecule has 0 aromatic rings. The summed E-state index contributed by atoms with van der Waals surface area (Å²) in [4.78, 5) is 12.1. The van der Waals surface area contributed by atoms with Crippen molar-refractivity contribution in [3.05, 3.63) is 4.91 Å². The first-order valence-electron chi connectivity index (χ1n) is 4.11. The van der Waals surface area contributed by atoms with E-state index in [9.17, 15) is 4.91 Å². The number of nitroso groups, excluding NO2 is 1. The summed E-state index contributed by atoms with van der Waals surface area (Å²) in [6.07, 6.45) is 7.21. The van der Waals surface area contributed by atoms with Gasteiger partial charge in [-0.1, -0.05) is 6.42 Å². The average Bonchev–Trinajstić information content (AvgIpc) is 2.36. The van der Waals surface area contributed by atoms with Crippen LogP contribution in [-0.2, 0) is 0 Å². The van der Waals surface area contributed by atoms with E-state index in [0.717, 1.165) is 30.6 Å². The summed E-state index contributed by atoms with van der Waals surface area (Å²) in [5.74, 6) is 0. The van der Waals surface area contributed by atoms with Gasteiger partial charge in [-0.15, -0.1) is 0 Å². The quantitative estimate of drug-likeness (QED) is 0.528. The van der Waals surface area contributed by atoms with Crippen molar-refractivity contribution < 1.29 is 4.87 Å². The Bertz CT molecular complexity index is 206. The van der Waals surface area contributed by atoms with Gasteiger partial charge in [0.05, 0.1) is 4.87 Å². The SMILES string of the molecule is O=[N+]1NN=CC12CCCCC2. The van der Waals surface area contributed by atoms with Crippen molar-refractivity contribution in [2.75, 3.05) is 0 Å². The van der Waals surface area contributed by atoms with Gasteiger partial charge in [-0.05, 0) is 23.3 Å². The monoisotopic (exact) mass is 154 g/mol. The second kappa shape index (κ2) is 2.29. The van der Waals surface area contributed by atoms with Crippen molar-refractivity contribution in [1.29, 1.82) is 0 Å². The maximum Gasteiger partial charge on any atom is 0.235 e. The van der Waals surface area contributed by atoms with Crippen LogP contribution < -0.4 is 5.53 Å². The van der Waals surface area contributed by atoms with E-state index >= 15 is 0 Å². The van der Waals surface area contributed by atoms with Gasteiger partial charge in [-0.2, -0.15) is 0 Å². The van der Waals surface area contributed by atoms with Gasteiger partial charge in [0.2, 0.25) is 5.54 Å². The van der Waals surface area contributed by atoms with Crippen LogP contribution in [0.4, 0.5) is 0 Å². The molecule has 0 bridgehead atoms. The van der Waals surface area contributed by atoms with Crippen LogP contribution in [0.3, 0.4) is 0 Å². The minimum atomic E-state index is -0.293. The largest absolute Gasteiger partial charge is 0.235 e. The lowest BCUT2D eigenvalue weighted by molar-refractivity contribution is -0.654. The van der Waals surface area contributed by atoms with Crippen molar-refractivity contribution in [1.82, 2.24) is 5.53 Å². The number of hydrazone groups is 1. The van der Waals surface area contributed by atoms with Crippen molar-refractivity contribution in [2.45, 2.75) is 37.6 Å². The van der Waals surface area contributed by atoms with Crippen molar-refractivity contribution in [2.24, 2.45) is 5.10 Å². The normalized spacial score (nSPS) is 27.5. The Morgan fingerprint density at radius 2 is 2.09 bits per heavy atom. The van der Waals surface area contributed by atoms with E-state index in [-0.39, 0.29) is 5.54 Å². The minimum Gasteiger partial charge on any atom is -0.0529 e. The molecule has 1 heterocycles. The predicted molar refractivity (Wildman–Crippen MR) is 41.1 cm³/mol. The topological polar surface area (TPSA) is 44.5 Å². The average molecular weight is 154 g/mol. The Kier molecular flexibility index (Phi) is 1.41. The molecule has 2 aliphatic rings. The summed E-state index contributed by atoms with van der Waals surface area (Å²) in [5.41, 5.74) is 2.13. The number of nitrogens with one attached hydrogen (secondary N) is 1. The highest BCUT2D eigenvalue weighted by Gasteiger charge is 2.47. The highest BCUT2D eigenvalue weighted by Crippen LogP contribution is 2.30. The van der Waals surface area contributed by atoms with Gasteiger partial charge >= 0.3 is 0 Å². The lowest BCUT2D eigenvalue weighted by Gasteiger charge is -2.22. The molecule has 0 aromatic heterocycles. The predicted octanol–water partition coefficient (Wildman–Crippen LogP) is 0.972. The molecule has 11 heavy (non-hydrogen) atoms. The van der Waals surface area contributed by atoms with Crippen LogP contribution in [0, 0.1) is 4.91 Å². The van der Waals surface area contributed by atoms with Gasteiger partial charge in [0.25, 0.3) is 0 Å². The lowest BCUT2D eigenvalue weighted by Crippen LogP contribution is -2.43. The van der Waals surface area contributed by atoms with Gasteiger partial charge in [-0.3, -0.25) is 0 Å². The van der Waals surface area contributed by atoms with Crippen LogP contribution >= 0.6 is 0 Å². The molecule has 1 saturated carbocycles. The number of hydrogen-bond donors (Lipinski definition) is 1. The summed E-state index contributed by atoms with van der Waals surface area (Å²) in [6, 6.07) is 0. The molecule has 1 fully saturated rings. The van der Waals surface area contributed by atoms with E-state index in [1.165, 1.54) is 6.42 Å². The van der Waals surface area contributed by atoms with E-state index in [1.807, 2.05) is 0 Å². The van der Waals surface area contributed by atoms with E-state index in [2.05, 4.69) is 10.6 Å². The zero-order valence-electron chi connectivity index (χ0n) is 6.42. The number of hydrogen-bond acceptors (Lipinski definition) is 2. The Hall–Kier alpha value is -0.930. The molecule has 2 rings (SSSR count). The first kappa shape index (κ1) is 6.76. The third-order valence-corrected chi connectivity index (χ3v) is 2.58. The zero-order valence-corrected chi connectivity index (χ0v) is 6.42. The van der Waals surface area contributed by atoms with Crippen molar-refractivity contribution in [3.8, 4) is 0 Å². The second-order valence-electron chi connectivity index (χ2n) is 3.32. The Balaban J connectivity index is 2.18. The molecule has 0 amide bonds. The van der Waals surface area contributed by atoms with Gasteiger partial charge in [0, 0.05) is 17.9 Å². The fourth-order valence-electron chi connectivity index (χ4n) is 1.85. The number of hydrazine groups is 1. The summed E-state index contributed by atoms with van der Waals surface area (Å²) in [6.45, 7) is 0. The summed E-state index contributed by atoms with van der Waals surface area (Å²) in [5, 5.41) is 3.78. The van der Waals surface area contributed by atoms with Gasteiger partial charge in [-0.25, -0.2) is 0 Å². The standard InChI is InChI=1S/C7H12N3O/c11-10-7(6-8-9-10)4-2-1-3-5-7/h6H,1-5H2,(H,9,11)/q+1. The molecule has 1 aliphatic carbocycles. The Morgan fingerprint density at radius 3 is 2.64 bits per heavy atom. The van der Waals surface area contributed by atoms with Gasteiger partial charge in [0.1, 0.15) is 0 Å². The molecule has 4 nitrogen and oxygen atoms in total. The molecule has 60 valence electrons. The van der Waals surface area contributed by atoms with Gasteiger partial charge in [0.15, 0.2) is 6.21 Å². The smallest absolute Gasteiger partial charge is 0.0529 e. The fourth-order valence-corrected chi connectivity index (χ4v) is 1.85. The summed E-state index contributed by atoms with van der Waals surface area (Å²) in [7, 11) is 0.